The first kappa shape index (κ1) is 15.3. The third-order valence-corrected chi connectivity index (χ3v) is 3.39. The van der Waals surface area contributed by atoms with Gasteiger partial charge in [0.2, 0.25) is 5.91 Å². The highest BCUT2D eigenvalue weighted by atomic mass is 79.9. The average molecular weight is 346 g/mol. The van der Waals surface area contributed by atoms with E-state index in [1.807, 2.05) is 48.5 Å². The lowest BCUT2D eigenvalue weighted by molar-refractivity contribution is -0.116. The molecule has 0 bridgehead atoms. The van der Waals surface area contributed by atoms with Gasteiger partial charge in [-0.25, -0.2) is 0 Å². The van der Waals surface area contributed by atoms with Crippen molar-refractivity contribution in [3.63, 3.8) is 0 Å². The maximum absolute atomic E-state index is 11.8. The quantitative estimate of drug-likeness (QED) is 0.837. The second-order valence-electron chi connectivity index (χ2n) is 4.45. The first-order valence-electron chi connectivity index (χ1n) is 6.52. The summed E-state index contributed by atoms with van der Waals surface area (Å²) in [6.45, 7) is 0.492. The Morgan fingerprint density at radius 3 is 2.67 bits per heavy atom. The summed E-state index contributed by atoms with van der Waals surface area (Å²) < 4.78 is 6.08. The highest BCUT2D eigenvalue weighted by molar-refractivity contribution is 9.10. The zero-order valence-electron chi connectivity index (χ0n) is 11.7. The molecule has 0 aliphatic carbocycles. The fraction of sp³-hybridized carbons (Fsp3) is 0.118. The molecule has 0 unspecified atom stereocenters. The van der Waals surface area contributed by atoms with E-state index in [0.717, 1.165) is 21.3 Å². The largest absolute Gasteiger partial charge is 0.497 e. The maximum atomic E-state index is 11.8. The first-order valence-corrected chi connectivity index (χ1v) is 7.31. The van der Waals surface area contributed by atoms with Crippen molar-refractivity contribution in [1.82, 2.24) is 5.32 Å². The molecule has 2 rings (SSSR count). The van der Waals surface area contributed by atoms with Crippen molar-refractivity contribution in [3.8, 4) is 5.75 Å². The second kappa shape index (κ2) is 7.64. The lowest BCUT2D eigenvalue weighted by Gasteiger charge is -2.04. The van der Waals surface area contributed by atoms with Crippen LogP contribution in [0.3, 0.4) is 0 Å². The standard InChI is InChI=1S/C17H16BrNO2/c1-21-16-8-5-14(6-9-16)12-19-17(20)10-7-13-3-2-4-15(18)11-13/h2-11H,12H2,1H3,(H,19,20)/b10-7+. The first-order chi connectivity index (χ1) is 10.2. The molecule has 0 aliphatic heterocycles. The van der Waals surface area contributed by atoms with E-state index in [0.29, 0.717) is 6.54 Å². The molecule has 3 nitrogen and oxygen atoms in total. The predicted molar refractivity (Wildman–Crippen MR) is 88.0 cm³/mol. The van der Waals surface area contributed by atoms with Crippen LogP contribution in [0.15, 0.2) is 59.1 Å². The number of carbonyl (C=O) groups is 1. The molecule has 0 spiro atoms. The van der Waals surface area contributed by atoms with E-state index in [9.17, 15) is 4.79 Å². The van der Waals surface area contributed by atoms with Crippen molar-refractivity contribution in [2.45, 2.75) is 6.54 Å². The van der Waals surface area contributed by atoms with Crippen LogP contribution in [-0.2, 0) is 11.3 Å². The normalized spacial score (nSPS) is 10.6. The van der Waals surface area contributed by atoms with Gasteiger partial charge in [-0.1, -0.05) is 40.2 Å². The monoisotopic (exact) mass is 345 g/mol. The number of carbonyl (C=O) groups excluding carboxylic acids is 1. The molecule has 21 heavy (non-hydrogen) atoms. The number of halogens is 1. The van der Waals surface area contributed by atoms with E-state index in [1.54, 1.807) is 13.2 Å². The van der Waals surface area contributed by atoms with E-state index in [1.165, 1.54) is 6.08 Å². The Bertz CT molecular complexity index is 635. The van der Waals surface area contributed by atoms with E-state index < -0.39 is 0 Å². The number of hydrogen-bond acceptors (Lipinski definition) is 2. The van der Waals surface area contributed by atoms with Gasteiger partial charge >= 0.3 is 0 Å². The fourth-order valence-corrected chi connectivity index (χ4v) is 2.19. The van der Waals surface area contributed by atoms with Crippen molar-refractivity contribution in [2.75, 3.05) is 7.11 Å². The van der Waals surface area contributed by atoms with Gasteiger partial charge in [0.05, 0.1) is 7.11 Å². The van der Waals surface area contributed by atoms with Gasteiger partial charge in [0.15, 0.2) is 0 Å². The van der Waals surface area contributed by atoms with Crippen molar-refractivity contribution in [3.05, 3.63) is 70.2 Å². The zero-order chi connectivity index (χ0) is 15.1. The van der Waals surface area contributed by atoms with Crippen LogP contribution in [0.5, 0.6) is 5.75 Å². The molecule has 0 fully saturated rings. The summed E-state index contributed by atoms with van der Waals surface area (Å²) >= 11 is 3.40. The molecule has 1 amide bonds. The number of benzene rings is 2. The maximum Gasteiger partial charge on any atom is 0.244 e. The molecule has 2 aromatic carbocycles. The highest BCUT2D eigenvalue weighted by Gasteiger charge is 1.98. The van der Waals surface area contributed by atoms with Crippen LogP contribution in [0.4, 0.5) is 0 Å². The van der Waals surface area contributed by atoms with Gasteiger partial charge in [0.1, 0.15) is 5.75 Å². The molecule has 0 saturated heterocycles. The van der Waals surface area contributed by atoms with Crippen molar-refractivity contribution >= 4 is 27.9 Å². The van der Waals surface area contributed by atoms with Gasteiger partial charge in [0.25, 0.3) is 0 Å². The summed E-state index contributed by atoms with van der Waals surface area (Å²) in [5, 5.41) is 2.84. The molecule has 0 saturated carbocycles. The lowest BCUT2D eigenvalue weighted by Crippen LogP contribution is -2.20. The summed E-state index contributed by atoms with van der Waals surface area (Å²) in [6, 6.07) is 15.4. The number of methoxy groups -OCH3 is 1. The van der Waals surface area contributed by atoms with Gasteiger partial charge in [0, 0.05) is 17.1 Å². The molecular formula is C17H16BrNO2. The average Bonchev–Trinajstić information content (AvgIpc) is 2.51. The van der Waals surface area contributed by atoms with Crippen LogP contribution in [0, 0.1) is 0 Å². The Balaban J connectivity index is 1.86. The molecule has 0 radical (unpaired) electrons. The Hall–Kier alpha value is -2.07. The predicted octanol–water partition coefficient (Wildman–Crippen LogP) is 3.79. The van der Waals surface area contributed by atoms with Gasteiger partial charge in [-0.15, -0.1) is 0 Å². The highest BCUT2D eigenvalue weighted by Crippen LogP contribution is 2.13. The van der Waals surface area contributed by atoms with E-state index in [-0.39, 0.29) is 5.91 Å². The van der Waals surface area contributed by atoms with Gasteiger partial charge in [-0.05, 0) is 41.5 Å². The zero-order valence-corrected chi connectivity index (χ0v) is 13.3. The lowest BCUT2D eigenvalue weighted by atomic mass is 10.2. The van der Waals surface area contributed by atoms with E-state index >= 15 is 0 Å². The summed E-state index contributed by atoms with van der Waals surface area (Å²) in [7, 11) is 1.63. The van der Waals surface area contributed by atoms with Crippen molar-refractivity contribution in [2.24, 2.45) is 0 Å². The van der Waals surface area contributed by atoms with E-state index in [2.05, 4.69) is 21.2 Å². The molecule has 4 heteroatoms. The number of rotatable bonds is 5. The Kier molecular flexibility index (Phi) is 5.58. The minimum absolute atomic E-state index is 0.120. The van der Waals surface area contributed by atoms with Crippen LogP contribution in [0.2, 0.25) is 0 Å². The number of amides is 1. The molecule has 0 atom stereocenters. The van der Waals surface area contributed by atoms with Crippen LogP contribution in [0.25, 0.3) is 6.08 Å². The topological polar surface area (TPSA) is 38.3 Å². The number of hydrogen-bond donors (Lipinski definition) is 1. The Morgan fingerprint density at radius 1 is 1.24 bits per heavy atom. The van der Waals surface area contributed by atoms with Crippen LogP contribution in [0.1, 0.15) is 11.1 Å². The van der Waals surface area contributed by atoms with Gasteiger partial charge in [-0.3, -0.25) is 4.79 Å². The Labute approximate surface area is 132 Å². The van der Waals surface area contributed by atoms with E-state index in [4.69, 9.17) is 4.74 Å². The van der Waals surface area contributed by atoms with Crippen LogP contribution < -0.4 is 10.1 Å². The fourth-order valence-electron chi connectivity index (χ4n) is 1.77. The summed E-state index contributed by atoms with van der Waals surface area (Å²) in [5.74, 6) is 0.686. The third kappa shape index (κ3) is 5.08. The van der Waals surface area contributed by atoms with Crippen LogP contribution >= 0.6 is 15.9 Å². The minimum Gasteiger partial charge on any atom is -0.497 e. The summed E-state index contributed by atoms with van der Waals surface area (Å²) in [4.78, 5) is 11.8. The number of nitrogens with one attached hydrogen (secondary N) is 1. The summed E-state index contributed by atoms with van der Waals surface area (Å²) in [6.07, 6.45) is 3.32. The molecule has 0 heterocycles. The number of ether oxygens (including phenoxy) is 1. The molecule has 0 aromatic heterocycles. The molecule has 108 valence electrons. The Morgan fingerprint density at radius 2 is 2.00 bits per heavy atom. The third-order valence-electron chi connectivity index (χ3n) is 2.90. The van der Waals surface area contributed by atoms with Gasteiger partial charge < -0.3 is 10.1 Å². The molecule has 1 N–H and O–H groups in total. The summed E-state index contributed by atoms with van der Waals surface area (Å²) in [5.41, 5.74) is 2.00. The SMILES string of the molecule is COc1ccc(CNC(=O)/C=C/c2cccc(Br)c2)cc1. The van der Waals surface area contributed by atoms with Gasteiger partial charge in [-0.2, -0.15) is 0 Å². The molecular weight excluding hydrogens is 330 g/mol. The minimum atomic E-state index is -0.120. The molecule has 0 aliphatic rings. The van der Waals surface area contributed by atoms with Crippen LogP contribution in [-0.4, -0.2) is 13.0 Å². The molecule has 2 aromatic rings. The smallest absolute Gasteiger partial charge is 0.244 e. The van der Waals surface area contributed by atoms with Crippen molar-refractivity contribution in [1.29, 1.82) is 0 Å². The van der Waals surface area contributed by atoms with Crippen molar-refractivity contribution < 1.29 is 9.53 Å². The second-order valence-corrected chi connectivity index (χ2v) is 5.37.